The maximum Gasteiger partial charge on any atom is 0.417 e. The van der Waals surface area contributed by atoms with Crippen LogP contribution in [0.25, 0.3) is 11.1 Å². The predicted molar refractivity (Wildman–Crippen MR) is 75.1 cm³/mol. The quantitative estimate of drug-likeness (QED) is 0.765. The summed E-state index contributed by atoms with van der Waals surface area (Å²) in [6, 6.07) is 5.29. The zero-order valence-electron chi connectivity index (χ0n) is 11.4. The van der Waals surface area contributed by atoms with E-state index >= 15 is 0 Å². The van der Waals surface area contributed by atoms with Crippen LogP contribution in [0.1, 0.15) is 43.4 Å². The number of hydrogen-bond acceptors (Lipinski definition) is 6. The van der Waals surface area contributed by atoms with E-state index in [0.717, 1.165) is 24.4 Å². The van der Waals surface area contributed by atoms with E-state index < -0.39 is 5.76 Å². The third kappa shape index (κ3) is 2.31. The lowest BCUT2D eigenvalue weighted by molar-refractivity contribution is 0.363. The first kappa shape index (κ1) is 12.2. The van der Waals surface area contributed by atoms with Gasteiger partial charge in [0.25, 0.3) is 0 Å². The van der Waals surface area contributed by atoms with Crippen molar-refractivity contribution in [3.8, 4) is 0 Å². The molecule has 2 aromatic heterocycles. The Kier molecular flexibility index (Phi) is 2.60. The van der Waals surface area contributed by atoms with Gasteiger partial charge in [-0.05, 0) is 38.0 Å². The van der Waals surface area contributed by atoms with Crippen molar-refractivity contribution in [1.82, 2.24) is 15.1 Å². The smallest absolute Gasteiger partial charge is 0.408 e. The van der Waals surface area contributed by atoms with Crippen LogP contribution in [0.4, 0.5) is 5.69 Å². The van der Waals surface area contributed by atoms with E-state index in [4.69, 9.17) is 8.94 Å². The molecule has 1 aliphatic carbocycles. The number of hydrogen-bond donors (Lipinski definition) is 2. The molecular weight excluding hydrogens is 272 g/mol. The van der Waals surface area contributed by atoms with Crippen LogP contribution in [0.2, 0.25) is 0 Å². The highest BCUT2D eigenvalue weighted by atomic mass is 16.5. The molecule has 21 heavy (non-hydrogen) atoms. The molecule has 4 rings (SSSR count). The molecule has 0 aliphatic heterocycles. The molecule has 0 unspecified atom stereocenters. The number of H-pyrrole nitrogens is 1. The van der Waals surface area contributed by atoms with Gasteiger partial charge in [-0.3, -0.25) is 4.98 Å². The highest BCUT2D eigenvalue weighted by Crippen LogP contribution is 2.38. The molecule has 108 valence electrons. The summed E-state index contributed by atoms with van der Waals surface area (Å²) in [6.07, 6.45) is 2.29. The van der Waals surface area contributed by atoms with Crippen molar-refractivity contribution in [3.05, 3.63) is 40.5 Å². The number of fused-ring (bicyclic) bond motifs is 1. The molecule has 1 atom stereocenters. The summed E-state index contributed by atoms with van der Waals surface area (Å²) in [5.41, 5.74) is 2.03. The van der Waals surface area contributed by atoms with E-state index in [2.05, 4.69) is 20.4 Å². The summed E-state index contributed by atoms with van der Waals surface area (Å²) in [4.78, 5) is 18.2. The molecular formula is C14H14N4O3. The van der Waals surface area contributed by atoms with Crippen LogP contribution in [-0.4, -0.2) is 15.1 Å². The molecule has 1 saturated carbocycles. The normalized spacial score (nSPS) is 16.2. The average molecular weight is 286 g/mol. The van der Waals surface area contributed by atoms with E-state index in [1.165, 1.54) is 0 Å². The van der Waals surface area contributed by atoms with Crippen molar-refractivity contribution >= 4 is 16.8 Å². The third-order valence-corrected chi connectivity index (χ3v) is 3.57. The number of nitrogens with zero attached hydrogens (tertiary/aromatic N) is 2. The topological polar surface area (TPSA) is 97.0 Å². The van der Waals surface area contributed by atoms with E-state index in [1.807, 2.05) is 19.1 Å². The second-order valence-corrected chi connectivity index (χ2v) is 5.36. The fourth-order valence-corrected chi connectivity index (χ4v) is 2.28. The van der Waals surface area contributed by atoms with Crippen LogP contribution >= 0.6 is 0 Å². The van der Waals surface area contributed by atoms with Crippen molar-refractivity contribution in [2.75, 3.05) is 5.32 Å². The molecule has 7 heteroatoms. The molecule has 7 nitrogen and oxygen atoms in total. The SMILES string of the molecule is C[C@H](Nc1ccc2oc(=O)[nH]c2c1)c1nc(C2CC2)no1. The molecule has 0 bridgehead atoms. The highest BCUT2D eigenvalue weighted by molar-refractivity contribution is 5.76. The second kappa shape index (κ2) is 4.47. The number of rotatable bonds is 4. The fraction of sp³-hybridized carbons (Fsp3) is 0.357. The van der Waals surface area contributed by atoms with Crippen molar-refractivity contribution in [2.24, 2.45) is 0 Å². The van der Waals surface area contributed by atoms with Gasteiger partial charge < -0.3 is 14.3 Å². The maximum atomic E-state index is 11.1. The molecule has 0 spiro atoms. The van der Waals surface area contributed by atoms with Gasteiger partial charge >= 0.3 is 5.76 Å². The monoisotopic (exact) mass is 286 g/mol. The molecule has 2 N–H and O–H groups in total. The van der Waals surface area contributed by atoms with Crippen LogP contribution in [-0.2, 0) is 0 Å². The summed E-state index contributed by atoms with van der Waals surface area (Å²) < 4.78 is 10.3. The molecule has 3 aromatic rings. The Bertz CT molecular complexity index is 843. The average Bonchev–Trinajstić information content (AvgIpc) is 3.06. The lowest BCUT2D eigenvalue weighted by Gasteiger charge is -2.10. The van der Waals surface area contributed by atoms with Crippen LogP contribution < -0.4 is 11.1 Å². The number of benzene rings is 1. The Balaban J connectivity index is 1.55. The van der Waals surface area contributed by atoms with Gasteiger partial charge in [-0.25, -0.2) is 4.79 Å². The standard InChI is InChI=1S/C14H14N4O3/c1-7(13-17-12(18-21-13)8-2-3-8)15-9-4-5-11-10(6-9)16-14(19)20-11/h4-8,15H,2-3H2,1H3,(H,16,19)/t7-/m0/s1. The van der Waals surface area contributed by atoms with Crippen molar-refractivity contribution in [2.45, 2.75) is 31.7 Å². The molecule has 1 aliphatic rings. The summed E-state index contributed by atoms with van der Waals surface area (Å²) in [7, 11) is 0. The molecule has 1 aromatic carbocycles. The minimum atomic E-state index is -0.457. The Morgan fingerprint density at radius 3 is 3.10 bits per heavy atom. The van der Waals surface area contributed by atoms with Gasteiger partial charge in [-0.15, -0.1) is 0 Å². The van der Waals surface area contributed by atoms with E-state index in [9.17, 15) is 4.79 Å². The number of anilines is 1. The van der Waals surface area contributed by atoms with E-state index in [0.29, 0.717) is 22.9 Å². The zero-order chi connectivity index (χ0) is 14.4. The fourth-order valence-electron chi connectivity index (χ4n) is 2.28. The summed E-state index contributed by atoms with van der Waals surface area (Å²) in [6.45, 7) is 1.95. The summed E-state index contributed by atoms with van der Waals surface area (Å²) in [5.74, 6) is 1.38. The first-order valence-corrected chi connectivity index (χ1v) is 6.92. The van der Waals surface area contributed by atoms with Crippen molar-refractivity contribution < 1.29 is 8.94 Å². The molecule has 0 saturated heterocycles. The first-order valence-electron chi connectivity index (χ1n) is 6.92. The van der Waals surface area contributed by atoms with Gasteiger partial charge in [0.2, 0.25) is 5.89 Å². The van der Waals surface area contributed by atoms with Crippen molar-refractivity contribution in [1.29, 1.82) is 0 Å². The summed E-state index contributed by atoms with van der Waals surface area (Å²) >= 11 is 0. The van der Waals surface area contributed by atoms with E-state index in [1.54, 1.807) is 6.07 Å². The number of aromatic amines is 1. The number of aromatic nitrogens is 3. The van der Waals surface area contributed by atoms with Crippen LogP contribution in [0.5, 0.6) is 0 Å². The molecule has 0 radical (unpaired) electrons. The van der Waals surface area contributed by atoms with Gasteiger partial charge in [0.1, 0.15) is 6.04 Å². The Hall–Kier alpha value is -2.57. The predicted octanol–water partition coefficient (Wildman–Crippen LogP) is 2.55. The third-order valence-electron chi connectivity index (χ3n) is 3.57. The lowest BCUT2D eigenvalue weighted by Crippen LogP contribution is -2.07. The number of nitrogens with one attached hydrogen (secondary N) is 2. The number of oxazole rings is 1. The van der Waals surface area contributed by atoms with Crippen LogP contribution in [0, 0.1) is 0 Å². The summed E-state index contributed by atoms with van der Waals surface area (Å²) in [5, 5.41) is 7.28. The largest absolute Gasteiger partial charge is 0.417 e. The Labute approximate surface area is 119 Å². The van der Waals surface area contributed by atoms with Gasteiger partial charge in [0.05, 0.1) is 5.52 Å². The van der Waals surface area contributed by atoms with Crippen LogP contribution in [0.3, 0.4) is 0 Å². The highest BCUT2D eigenvalue weighted by Gasteiger charge is 2.29. The minimum Gasteiger partial charge on any atom is -0.408 e. The lowest BCUT2D eigenvalue weighted by atomic mass is 10.2. The Morgan fingerprint density at radius 1 is 1.43 bits per heavy atom. The first-order chi connectivity index (χ1) is 10.2. The zero-order valence-corrected chi connectivity index (χ0v) is 11.4. The van der Waals surface area contributed by atoms with Gasteiger partial charge in [0, 0.05) is 11.6 Å². The maximum absolute atomic E-state index is 11.1. The molecule has 0 amide bonds. The van der Waals surface area contributed by atoms with Gasteiger partial charge in [0.15, 0.2) is 11.4 Å². The molecule has 1 fully saturated rings. The second-order valence-electron chi connectivity index (χ2n) is 5.36. The van der Waals surface area contributed by atoms with Crippen molar-refractivity contribution in [3.63, 3.8) is 0 Å². The van der Waals surface area contributed by atoms with E-state index in [-0.39, 0.29) is 6.04 Å². The Morgan fingerprint density at radius 2 is 2.29 bits per heavy atom. The van der Waals surface area contributed by atoms with Gasteiger partial charge in [-0.1, -0.05) is 5.16 Å². The molecule has 2 heterocycles. The van der Waals surface area contributed by atoms with Gasteiger partial charge in [-0.2, -0.15) is 4.98 Å². The van der Waals surface area contributed by atoms with Crippen LogP contribution in [0.15, 0.2) is 31.9 Å². The minimum absolute atomic E-state index is 0.110.